The van der Waals surface area contributed by atoms with E-state index in [1.54, 1.807) is 0 Å². The molecule has 5 heteroatoms. The van der Waals surface area contributed by atoms with Gasteiger partial charge in [-0.2, -0.15) is 13.2 Å². The Morgan fingerprint density at radius 3 is 2.36 bits per heavy atom. The van der Waals surface area contributed by atoms with Crippen LogP contribution in [-0.4, -0.2) is 24.5 Å². The molecule has 0 saturated heterocycles. The molecule has 1 aliphatic carbocycles. The van der Waals surface area contributed by atoms with Crippen molar-refractivity contribution in [3.63, 3.8) is 0 Å². The molecule has 82 valence electrons. The fraction of sp³-hybridized carbons (Fsp3) is 0.778. The lowest BCUT2D eigenvalue weighted by Gasteiger charge is -2.24. The van der Waals surface area contributed by atoms with Crippen LogP contribution < -0.4 is 0 Å². The van der Waals surface area contributed by atoms with Gasteiger partial charge in [0.25, 0.3) is 0 Å². The van der Waals surface area contributed by atoms with Crippen molar-refractivity contribution in [1.29, 1.82) is 0 Å². The van der Waals surface area contributed by atoms with E-state index in [1.807, 2.05) is 0 Å². The average molecular weight is 210 g/mol. The monoisotopic (exact) mass is 210 g/mol. The van der Waals surface area contributed by atoms with Gasteiger partial charge in [-0.3, -0.25) is 0 Å². The summed E-state index contributed by atoms with van der Waals surface area (Å²) in [5.41, 5.74) is -0.00810. The van der Waals surface area contributed by atoms with Gasteiger partial charge in [0.05, 0.1) is 12.9 Å². The number of allylic oxidation sites excluding steroid dienone is 1. The van der Waals surface area contributed by atoms with Crippen molar-refractivity contribution < 1.29 is 23.0 Å². The molecule has 0 bridgehead atoms. The van der Waals surface area contributed by atoms with Crippen LogP contribution in [-0.2, 0) is 4.74 Å². The lowest BCUT2D eigenvalue weighted by atomic mass is 9.93. The van der Waals surface area contributed by atoms with Gasteiger partial charge >= 0.3 is 6.18 Å². The molecule has 1 atom stereocenters. The molecule has 1 aliphatic rings. The number of aliphatic hydroxyl groups excluding tert-OH is 1. The summed E-state index contributed by atoms with van der Waals surface area (Å²) >= 11 is 0. The maximum atomic E-state index is 12.2. The lowest BCUT2D eigenvalue weighted by molar-refractivity contribution is -0.193. The topological polar surface area (TPSA) is 29.5 Å². The van der Waals surface area contributed by atoms with Gasteiger partial charge in [0.2, 0.25) is 0 Å². The van der Waals surface area contributed by atoms with Crippen LogP contribution in [0.4, 0.5) is 13.2 Å². The van der Waals surface area contributed by atoms with E-state index in [2.05, 4.69) is 0 Å². The summed E-state index contributed by atoms with van der Waals surface area (Å²) in [5.74, 6) is 0.293. The van der Waals surface area contributed by atoms with E-state index >= 15 is 0 Å². The van der Waals surface area contributed by atoms with Crippen LogP contribution >= 0.6 is 0 Å². The fourth-order valence-corrected chi connectivity index (χ4v) is 1.62. The number of halogens is 3. The molecule has 1 rings (SSSR count). The molecule has 0 spiro atoms. The van der Waals surface area contributed by atoms with E-state index in [-0.39, 0.29) is 12.0 Å². The molecule has 2 nitrogen and oxygen atoms in total. The lowest BCUT2D eigenvalue weighted by Crippen LogP contribution is -2.32. The number of ether oxygens (including phenoxy) is 1. The summed E-state index contributed by atoms with van der Waals surface area (Å²) in [6.45, 7) is 0. The van der Waals surface area contributed by atoms with E-state index in [0.717, 1.165) is 6.42 Å². The molecule has 0 fully saturated rings. The van der Waals surface area contributed by atoms with E-state index in [0.29, 0.717) is 18.6 Å². The Labute approximate surface area is 80.4 Å². The number of aliphatic hydroxyl groups is 1. The van der Waals surface area contributed by atoms with Crippen molar-refractivity contribution in [2.75, 3.05) is 7.11 Å². The Morgan fingerprint density at radius 1 is 1.29 bits per heavy atom. The van der Waals surface area contributed by atoms with Gasteiger partial charge < -0.3 is 9.84 Å². The summed E-state index contributed by atoms with van der Waals surface area (Å²) in [5, 5.41) is 9.05. The Hall–Kier alpha value is -0.710. The summed E-state index contributed by atoms with van der Waals surface area (Å²) in [6.07, 6.45) is -4.70. The number of rotatable bonds is 2. The van der Waals surface area contributed by atoms with E-state index in [4.69, 9.17) is 9.84 Å². The quantitative estimate of drug-likeness (QED) is 0.758. The number of hydrogen-bond donors (Lipinski definition) is 1. The molecule has 0 aromatic heterocycles. The van der Waals surface area contributed by atoms with Crippen molar-refractivity contribution in [3.8, 4) is 0 Å². The standard InChI is InChI=1S/C9H13F3O2/c1-14-7-5-3-2-4-6(7)8(13)9(10,11)12/h8,13H,2-5H2,1H3. The minimum atomic E-state index is -4.59. The second kappa shape index (κ2) is 4.21. The fourth-order valence-electron chi connectivity index (χ4n) is 1.62. The molecule has 0 radical (unpaired) electrons. The largest absolute Gasteiger partial charge is 0.501 e. The molecule has 0 heterocycles. The number of alkyl halides is 3. The van der Waals surface area contributed by atoms with Crippen LogP contribution in [0.1, 0.15) is 25.7 Å². The maximum Gasteiger partial charge on any atom is 0.418 e. The number of methoxy groups -OCH3 is 1. The van der Waals surface area contributed by atoms with Gasteiger partial charge in [0.1, 0.15) is 0 Å². The predicted octanol–water partition coefficient (Wildman–Crippen LogP) is 2.38. The first-order valence-electron chi connectivity index (χ1n) is 4.47. The van der Waals surface area contributed by atoms with Crippen LogP contribution in [0.25, 0.3) is 0 Å². The van der Waals surface area contributed by atoms with Gasteiger partial charge in [0.15, 0.2) is 6.10 Å². The highest BCUT2D eigenvalue weighted by Crippen LogP contribution is 2.34. The smallest absolute Gasteiger partial charge is 0.418 e. The summed E-state index contributed by atoms with van der Waals surface area (Å²) in [7, 11) is 1.34. The summed E-state index contributed by atoms with van der Waals surface area (Å²) < 4.78 is 41.5. The third-order valence-corrected chi connectivity index (χ3v) is 2.34. The zero-order chi connectivity index (χ0) is 10.8. The van der Waals surface area contributed by atoms with Gasteiger partial charge in [-0.25, -0.2) is 0 Å². The minimum absolute atomic E-state index is 0.00810. The van der Waals surface area contributed by atoms with Crippen LogP contribution in [0, 0.1) is 0 Å². The van der Waals surface area contributed by atoms with Crippen LogP contribution in [0.15, 0.2) is 11.3 Å². The van der Waals surface area contributed by atoms with Crippen molar-refractivity contribution in [3.05, 3.63) is 11.3 Å². The molecule has 0 aromatic rings. The Balaban J connectivity index is 2.87. The first-order chi connectivity index (χ1) is 6.46. The zero-order valence-corrected chi connectivity index (χ0v) is 7.90. The normalized spacial score (nSPS) is 20.9. The third-order valence-electron chi connectivity index (χ3n) is 2.34. The Morgan fingerprint density at radius 2 is 1.86 bits per heavy atom. The van der Waals surface area contributed by atoms with Crippen molar-refractivity contribution in [2.45, 2.75) is 38.0 Å². The molecule has 0 amide bonds. The molecule has 0 saturated carbocycles. The van der Waals surface area contributed by atoms with Crippen molar-refractivity contribution in [1.82, 2.24) is 0 Å². The van der Waals surface area contributed by atoms with Gasteiger partial charge in [-0.15, -0.1) is 0 Å². The zero-order valence-electron chi connectivity index (χ0n) is 7.90. The van der Waals surface area contributed by atoms with Gasteiger partial charge in [-0.05, 0) is 19.3 Å². The molecule has 0 aliphatic heterocycles. The highest BCUT2D eigenvalue weighted by Gasteiger charge is 2.42. The van der Waals surface area contributed by atoms with Crippen LogP contribution in [0.2, 0.25) is 0 Å². The second-order valence-corrected chi connectivity index (χ2v) is 3.30. The highest BCUT2D eigenvalue weighted by atomic mass is 19.4. The first kappa shape index (κ1) is 11.4. The van der Waals surface area contributed by atoms with Gasteiger partial charge in [0, 0.05) is 12.0 Å². The predicted molar refractivity (Wildman–Crippen MR) is 44.6 cm³/mol. The second-order valence-electron chi connectivity index (χ2n) is 3.30. The Kier molecular flexibility index (Phi) is 3.42. The average Bonchev–Trinajstić information content (AvgIpc) is 2.15. The number of hydrogen-bond acceptors (Lipinski definition) is 2. The highest BCUT2D eigenvalue weighted by molar-refractivity contribution is 5.17. The molecular weight excluding hydrogens is 197 g/mol. The SMILES string of the molecule is COC1=C(C(O)C(F)(F)F)CCCC1. The Bertz CT molecular complexity index is 233. The summed E-state index contributed by atoms with van der Waals surface area (Å²) in [6, 6.07) is 0. The van der Waals surface area contributed by atoms with Crippen molar-refractivity contribution >= 4 is 0 Å². The minimum Gasteiger partial charge on any atom is -0.501 e. The summed E-state index contributed by atoms with van der Waals surface area (Å²) in [4.78, 5) is 0. The molecule has 0 aromatic carbocycles. The van der Waals surface area contributed by atoms with E-state index in [1.165, 1.54) is 7.11 Å². The van der Waals surface area contributed by atoms with Crippen LogP contribution in [0.5, 0.6) is 0 Å². The molecule has 14 heavy (non-hydrogen) atoms. The maximum absolute atomic E-state index is 12.2. The molecular formula is C9H13F3O2. The van der Waals surface area contributed by atoms with E-state index in [9.17, 15) is 13.2 Å². The molecule has 1 unspecified atom stereocenters. The molecule has 1 N–H and O–H groups in total. The third kappa shape index (κ3) is 2.41. The van der Waals surface area contributed by atoms with Gasteiger partial charge in [-0.1, -0.05) is 0 Å². The first-order valence-corrected chi connectivity index (χ1v) is 4.47. The van der Waals surface area contributed by atoms with E-state index < -0.39 is 12.3 Å². The van der Waals surface area contributed by atoms with Crippen LogP contribution in [0.3, 0.4) is 0 Å². The van der Waals surface area contributed by atoms with Crippen molar-refractivity contribution in [2.24, 2.45) is 0 Å².